The van der Waals surface area contributed by atoms with Crippen molar-refractivity contribution in [3.8, 4) is 0 Å². The fourth-order valence-corrected chi connectivity index (χ4v) is 2.12. The van der Waals surface area contributed by atoms with E-state index in [1.165, 1.54) is 36.0 Å². The van der Waals surface area contributed by atoms with E-state index in [0.717, 1.165) is 0 Å². The van der Waals surface area contributed by atoms with E-state index in [-0.39, 0.29) is 27.8 Å². The van der Waals surface area contributed by atoms with Gasteiger partial charge in [-0.1, -0.05) is 23.7 Å². The fourth-order valence-electron chi connectivity index (χ4n) is 1.84. The van der Waals surface area contributed by atoms with Crippen molar-refractivity contribution in [1.29, 1.82) is 0 Å². The normalized spacial score (nSPS) is 10.3. The first-order valence-electron chi connectivity index (χ1n) is 5.50. The van der Waals surface area contributed by atoms with Gasteiger partial charge in [0.1, 0.15) is 5.69 Å². The lowest BCUT2D eigenvalue weighted by atomic mass is 10.2. The smallest absolute Gasteiger partial charge is 0.354 e. The Hall–Kier alpha value is -2.54. The minimum Gasteiger partial charge on any atom is -0.477 e. The van der Waals surface area contributed by atoms with Crippen molar-refractivity contribution in [3.63, 3.8) is 0 Å². The number of anilines is 2. The third-order valence-electron chi connectivity index (χ3n) is 2.70. The molecule has 1 heterocycles. The zero-order valence-electron chi connectivity index (χ0n) is 10.3. The Balaban J connectivity index is 2.51. The number of carboxylic acid groups (broad SMARTS) is 1. The van der Waals surface area contributed by atoms with Crippen molar-refractivity contribution < 1.29 is 14.8 Å². The minimum absolute atomic E-state index is 0.0758. The Labute approximate surface area is 118 Å². The molecule has 0 amide bonds. The number of nitro groups is 1. The minimum atomic E-state index is -1.18. The van der Waals surface area contributed by atoms with Crippen molar-refractivity contribution in [1.82, 2.24) is 4.57 Å². The predicted molar refractivity (Wildman–Crippen MR) is 73.8 cm³/mol. The van der Waals surface area contributed by atoms with E-state index >= 15 is 0 Å². The molecule has 1 aromatic heterocycles. The molecule has 0 fully saturated rings. The summed E-state index contributed by atoms with van der Waals surface area (Å²) in [6.07, 6.45) is 1.42. The SMILES string of the molecule is Cn1cc(Cl)c(Nc2ccccc2[N+](=O)[O-])c1C(=O)O. The number of benzene rings is 1. The maximum absolute atomic E-state index is 11.2. The average Bonchev–Trinajstić information content (AvgIpc) is 2.64. The van der Waals surface area contributed by atoms with E-state index in [1.807, 2.05) is 0 Å². The molecule has 0 saturated carbocycles. The highest BCUT2D eigenvalue weighted by Crippen LogP contribution is 2.34. The van der Waals surface area contributed by atoms with E-state index in [9.17, 15) is 14.9 Å². The van der Waals surface area contributed by atoms with Crippen LogP contribution in [0.5, 0.6) is 0 Å². The molecule has 0 aliphatic heterocycles. The van der Waals surface area contributed by atoms with Crippen molar-refractivity contribution in [2.45, 2.75) is 0 Å². The number of nitro benzene ring substituents is 1. The number of para-hydroxylation sites is 2. The van der Waals surface area contributed by atoms with Gasteiger partial charge in [-0.3, -0.25) is 10.1 Å². The number of nitrogens with zero attached hydrogens (tertiary/aromatic N) is 2. The lowest BCUT2D eigenvalue weighted by molar-refractivity contribution is -0.383. The van der Waals surface area contributed by atoms with Crippen molar-refractivity contribution in [3.05, 3.63) is 51.3 Å². The number of aromatic nitrogens is 1. The molecule has 8 heteroatoms. The van der Waals surface area contributed by atoms with Crippen molar-refractivity contribution >= 4 is 34.6 Å². The van der Waals surface area contributed by atoms with Crippen LogP contribution in [0.25, 0.3) is 0 Å². The molecule has 0 bridgehead atoms. The van der Waals surface area contributed by atoms with Gasteiger partial charge in [0.15, 0.2) is 5.69 Å². The third kappa shape index (κ3) is 2.43. The summed E-state index contributed by atoms with van der Waals surface area (Å²) in [6, 6.07) is 5.92. The lowest BCUT2D eigenvalue weighted by Crippen LogP contribution is -2.07. The quantitative estimate of drug-likeness (QED) is 0.667. The van der Waals surface area contributed by atoms with Gasteiger partial charge in [0.05, 0.1) is 15.6 Å². The molecule has 0 atom stereocenters. The van der Waals surface area contributed by atoms with E-state index in [0.29, 0.717) is 0 Å². The molecule has 0 saturated heterocycles. The van der Waals surface area contributed by atoms with E-state index in [4.69, 9.17) is 16.7 Å². The maximum Gasteiger partial charge on any atom is 0.354 e. The zero-order valence-corrected chi connectivity index (χ0v) is 11.1. The van der Waals surface area contributed by atoms with Crippen molar-refractivity contribution in [2.75, 3.05) is 5.32 Å². The highest BCUT2D eigenvalue weighted by atomic mass is 35.5. The Bertz CT molecular complexity index is 696. The predicted octanol–water partition coefficient (Wildman–Crippen LogP) is 3.03. The van der Waals surface area contributed by atoms with Crippen LogP contribution in [-0.2, 0) is 7.05 Å². The van der Waals surface area contributed by atoms with E-state index < -0.39 is 10.9 Å². The van der Waals surface area contributed by atoms with Gasteiger partial charge in [0.25, 0.3) is 5.69 Å². The van der Waals surface area contributed by atoms with E-state index in [1.54, 1.807) is 6.07 Å². The zero-order chi connectivity index (χ0) is 14.9. The third-order valence-corrected chi connectivity index (χ3v) is 2.98. The Morgan fingerprint density at radius 2 is 2.10 bits per heavy atom. The summed E-state index contributed by atoms with van der Waals surface area (Å²) < 4.78 is 1.34. The molecular weight excluding hydrogens is 286 g/mol. The largest absolute Gasteiger partial charge is 0.477 e. The molecule has 0 unspecified atom stereocenters. The summed E-state index contributed by atoms with van der Waals surface area (Å²) in [6.45, 7) is 0. The Morgan fingerprint density at radius 3 is 2.70 bits per heavy atom. The van der Waals surface area contributed by atoms with Crippen LogP contribution in [-0.4, -0.2) is 20.6 Å². The molecule has 1 aromatic carbocycles. The van der Waals surface area contributed by atoms with Gasteiger partial charge < -0.3 is 15.0 Å². The highest BCUT2D eigenvalue weighted by Gasteiger charge is 2.21. The number of hydrogen-bond donors (Lipinski definition) is 2. The van der Waals surface area contributed by atoms with Gasteiger partial charge in [-0.15, -0.1) is 0 Å². The summed E-state index contributed by atoms with van der Waals surface area (Å²) in [5.41, 5.74) is 0.0565. The number of aryl methyl sites for hydroxylation is 1. The van der Waals surface area contributed by atoms with Crippen LogP contribution in [0.4, 0.5) is 17.1 Å². The van der Waals surface area contributed by atoms with Crippen LogP contribution in [0.15, 0.2) is 30.5 Å². The molecule has 20 heavy (non-hydrogen) atoms. The number of aromatic carboxylic acids is 1. The number of halogens is 1. The second kappa shape index (κ2) is 5.22. The summed E-state index contributed by atoms with van der Waals surface area (Å²) in [7, 11) is 1.53. The molecule has 2 aromatic rings. The number of carbonyl (C=O) groups is 1. The summed E-state index contributed by atoms with van der Waals surface area (Å²) in [4.78, 5) is 21.6. The van der Waals surface area contributed by atoms with Gasteiger partial charge in [0.2, 0.25) is 0 Å². The van der Waals surface area contributed by atoms with Crippen molar-refractivity contribution in [2.24, 2.45) is 7.05 Å². The Kier molecular flexibility index (Phi) is 3.62. The van der Waals surface area contributed by atoms with Crippen LogP contribution < -0.4 is 5.32 Å². The van der Waals surface area contributed by atoms with Gasteiger partial charge in [-0.2, -0.15) is 0 Å². The highest BCUT2D eigenvalue weighted by molar-refractivity contribution is 6.34. The van der Waals surface area contributed by atoms with Crippen LogP contribution >= 0.6 is 11.6 Å². The molecule has 2 rings (SSSR count). The van der Waals surface area contributed by atoms with E-state index in [2.05, 4.69) is 5.32 Å². The molecule has 104 valence electrons. The summed E-state index contributed by atoms with van der Waals surface area (Å²) in [5.74, 6) is -1.18. The van der Waals surface area contributed by atoms with Gasteiger partial charge >= 0.3 is 5.97 Å². The number of rotatable bonds is 4. The molecule has 2 N–H and O–H groups in total. The molecule has 0 spiro atoms. The van der Waals surface area contributed by atoms with Crippen LogP contribution in [0, 0.1) is 10.1 Å². The second-order valence-corrected chi connectivity index (χ2v) is 4.42. The number of carboxylic acids is 1. The topological polar surface area (TPSA) is 97.4 Å². The molecule has 0 aliphatic carbocycles. The van der Waals surface area contributed by atoms with Crippen LogP contribution in [0.1, 0.15) is 10.5 Å². The maximum atomic E-state index is 11.2. The second-order valence-electron chi connectivity index (χ2n) is 4.02. The molecule has 0 radical (unpaired) electrons. The lowest BCUT2D eigenvalue weighted by Gasteiger charge is -2.08. The standard InChI is InChI=1S/C12H10ClN3O4/c1-15-6-7(13)10(11(15)12(17)18)14-8-4-2-3-5-9(8)16(19)20/h2-6,14H,1H3,(H,17,18). The number of hydrogen-bond acceptors (Lipinski definition) is 4. The molecule has 7 nitrogen and oxygen atoms in total. The van der Waals surface area contributed by atoms with Crippen LogP contribution in [0.2, 0.25) is 5.02 Å². The summed E-state index contributed by atoms with van der Waals surface area (Å²) >= 11 is 5.96. The number of nitrogens with one attached hydrogen (secondary N) is 1. The fraction of sp³-hybridized carbons (Fsp3) is 0.0833. The first-order chi connectivity index (χ1) is 9.41. The van der Waals surface area contributed by atoms with Gasteiger partial charge in [0, 0.05) is 19.3 Å². The van der Waals surface area contributed by atoms with Gasteiger partial charge in [-0.05, 0) is 6.07 Å². The summed E-state index contributed by atoms with van der Waals surface area (Å²) in [5, 5.41) is 23.0. The first-order valence-corrected chi connectivity index (χ1v) is 5.88. The molecule has 0 aliphatic rings. The van der Waals surface area contributed by atoms with Gasteiger partial charge in [-0.25, -0.2) is 4.79 Å². The first kappa shape index (κ1) is 13.9. The monoisotopic (exact) mass is 295 g/mol. The van der Waals surface area contributed by atoms with Crippen LogP contribution in [0.3, 0.4) is 0 Å². The molecular formula is C12H10ClN3O4. The Morgan fingerprint density at radius 1 is 1.45 bits per heavy atom. The average molecular weight is 296 g/mol.